The first-order chi connectivity index (χ1) is 18.0. The van der Waals surface area contributed by atoms with Crippen molar-refractivity contribution in [2.75, 3.05) is 31.7 Å². The van der Waals surface area contributed by atoms with E-state index in [2.05, 4.69) is 10.6 Å². The van der Waals surface area contributed by atoms with Gasteiger partial charge in [-0.3, -0.25) is 19.3 Å². The van der Waals surface area contributed by atoms with E-state index in [-0.39, 0.29) is 24.5 Å². The average molecular weight is 542 g/mol. The molecule has 1 aromatic heterocycles. The van der Waals surface area contributed by atoms with Crippen LogP contribution in [0.4, 0.5) is 5.69 Å². The molecule has 2 atom stereocenters. The van der Waals surface area contributed by atoms with Gasteiger partial charge in [-0.15, -0.1) is 11.3 Å². The standard InChI is InChI=1S/C27H28ClN3O5S/c1-35-22-12-11-19(28)15-21(22)31(24(32)17-30-26(33)23-10-6-14-37-23)25(18-7-3-2-4-8-18)27(34)29-16-20-9-5-13-36-20/h2-4,6-8,10-12,14-15,20,25H,5,9,13,16-17H2,1H3,(H,29,34)(H,30,33)/t20-,25-/m0/s1. The Labute approximate surface area is 224 Å². The van der Waals surface area contributed by atoms with Crippen LogP contribution in [-0.4, -0.2) is 50.6 Å². The third kappa shape index (κ3) is 6.68. The molecule has 0 spiro atoms. The minimum atomic E-state index is -1.05. The number of nitrogens with zero attached hydrogens (tertiary/aromatic N) is 1. The molecule has 2 heterocycles. The van der Waals surface area contributed by atoms with E-state index >= 15 is 0 Å². The summed E-state index contributed by atoms with van der Waals surface area (Å²) in [7, 11) is 1.48. The summed E-state index contributed by atoms with van der Waals surface area (Å²) >= 11 is 7.59. The molecule has 194 valence electrons. The molecule has 2 N–H and O–H groups in total. The van der Waals surface area contributed by atoms with Gasteiger partial charge in [0.25, 0.3) is 5.91 Å². The molecular formula is C27H28ClN3O5S. The van der Waals surface area contributed by atoms with Gasteiger partial charge in [0.2, 0.25) is 11.8 Å². The first-order valence-electron chi connectivity index (χ1n) is 11.9. The predicted molar refractivity (Wildman–Crippen MR) is 143 cm³/mol. The zero-order chi connectivity index (χ0) is 26.2. The number of thiophene rings is 1. The highest BCUT2D eigenvalue weighted by Crippen LogP contribution is 2.37. The van der Waals surface area contributed by atoms with Crippen molar-refractivity contribution in [1.82, 2.24) is 10.6 Å². The largest absolute Gasteiger partial charge is 0.495 e. The first kappa shape index (κ1) is 26.7. The fraction of sp³-hybridized carbons (Fsp3) is 0.296. The molecule has 8 nitrogen and oxygen atoms in total. The van der Waals surface area contributed by atoms with Gasteiger partial charge < -0.3 is 20.1 Å². The van der Waals surface area contributed by atoms with E-state index in [4.69, 9.17) is 21.1 Å². The van der Waals surface area contributed by atoms with E-state index in [9.17, 15) is 14.4 Å². The second kappa shape index (κ2) is 12.7. The van der Waals surface area contributed by atoms with E-state index in [1.54, 1.807) is 60.0 Å². The molecule has 0 aliphatic carbocycles. The quantitative estimate of drug-likeness (QED) is 0.401. The maximum absolute atomic E-state index is 13.8. The Morgan fingerprint density at radius 3 is 2.62 bits per heavy atom. The Kier molecular flexibility index (Phi) is 9.16. The van der Waals surface area contributed by atoms with Crippen LogP contribution < -0.4 is 20.3 Å². The number of carbonyl (C=O) groups is 3. The van der Waals surface area contributed by atoms with Gasteiger partial charge in [-0.1, -0.05) is 48.0 Å². The second-order valence-corrected chi connectivity index (χ2v) is 9.82. The van der Waals surface area contributed by atoms with Crippen LogP contribution in [0.3, 0.4) is 0 Å². The Morgan fingerprint density at radius 1 is 1.14 bits per heavy atom. The third-order valence-corrected chi connectivity index (χ3v) is 7.07. The van der Waals surface area contributed by atoms with E-state index in [0.29, 0.717) is 40.1 Å². The summed E-state index contributed by atoms with van der Waals surface area (Å²) in [6.07, 6.45) is 1.72. The molecule has 3 amide bonds. The fourth-order valence-electron chi connectivity index (χ4n) is 4.17. The van der Waals surface area contributed by atoms with Gasteiger partial charge in [-0.05, 0) is 48.1 Å². The minimum absolute atomic E-state index is 0.0738. The summed E-state index contributed by atoms with van der Waals surface area (Å²) in [4.78, 5) is 41.9. The monoisotopic (exact) mass is 541 g/mol. The van der Waals surface area contributed by atoms with Crippen LogP contribution in [0.1, 0.15) is 34.1 Å². The molecule has 0 radical (unpaired) electrons. The number of methoxy groups -OCH3 is 1. The highest BCUT2D eigenvalue weighted by atomic mass is 35.5. The molecular weight excluding hydrogens is 514 g/mol. The summed E-state index contributed by atoms with van der Waals surface area (Å²) in [6.45, 7) is 0.650. The van der Waals surface area contributed by atoms with Crippen molar-refractivity contribution in [3.05, 3.63) is 81.5 Å². The van der Waals surface area contributed by atoms with E-state index < -0.39 is 11.9 Å². The zero-order valence-electron chi connectivity index (χ0n) is 20.3. The molecule has 0 unspecified atom stereocenters. The van der Waals surface area contributed by atoms with Crippen LogP contribution >= 0.6 is 22.9 Å². The number of carbonyl (C=O) groups excluding carboxylic acids is 3. The summed E-state index contributed by atoms with van der Waals surface area (Å²) in [5, 5.41) is 7.76. The Hall–Kier alpha value is -3.40. The van der Waals surface area contributed by atoms with Gasteiger partial charge in [-0.25, -0.2) is 0 Å². The number of rotatable bonds is 10. The van der Waals surface area contributed by atoms with E-state index in [1.165, 1.54) is 23.3 Å². The number of halogens is 1. The van der Waals surface area contributed by atoms with Crippen molar-refractivity contribution < 1.29 is 23.9 Å². The first-order valence-corrected chi connectivity index (χ1v) is 13.1. The molecule has 3 aromatic rings. The molecule has 1 fully saturated rings. The Morgan fingerprint density at radius 2 is 1.95 bits per heavy atom. The highest BCUT2D eigenvalue weighted by Gasteiger charge is 2.35. The SMILES string of the molecule is COc1ccc(Cl)cc1N(C(=O)CNC(=O)c1cccs1)[C@H](C(=O)NC[C@@H]1CCCO1)c1ccccc1. The number of amides is 3. The lowest BCUT2D eigenvalue weighted by Crippen LogP contribution is -2.48. The topological polar surface area (TPSA) is 97.0 Å². The summed E-state index contributed by atoms with van der Waals surface area (Å²) in [5.41, 5.74) is 0.902. The summed E-state index contributed by atoms with van der Waals surface area (Å²) < 4.78 is 11.2. The Bertz CT molecular complexity index is 1220. The molecule has 2 aromatic carbocycles. The van der Waals surface area contributed by atoms with Crippen LogP contribution in [0.25, 0.3) is 0 Å². The van der Waals surface area contributed by atoms with Gasteiger partial charge in [0, 0.05) is 18.2 Å². The molecule has 37 heavy (non-hydrogen) atoms. The normalized spacial score (nSPS) is 15.6. The van der Waals surface area contributed by atoms with Gasteiger partial charge in [0.1, 0.15) is 11.8 Å². The van der Waals surface area contributed by atoms with Crippen molar-refractivity contribution in [2.24, 2.45) is 0 Å². The number of anilines is 1. The molecule has 4 rings (SSSR count). The molecule has 10 heteroatoms. The number of hydrogen-bond acceptors (Lipinski definition) is 6. The van der Waals surface area contributed by atoms with Gasteiger partial charge >= 0.3 is 0 Å². The number of benzene rings is 2. The maximum atomic E-state index is 13.8. The number of ether oxygens (including phenoxy) is 2. The van der Waals surface area contributed by atoms with Gasteiger partial charge in [0.05, 0.1) is 30.3 Å². The molecule has 1 aliphatic rings. The van der Waals surface area contributed by atoms with E-state index in [1.807, 2.05) is 6.07 Å². The lowest BCUT2D eigenvalue weighted by molar-refractivity contribution is -0.126. The molecule has 1 aliphatic heterocycles. The third-order valence-electron chi connectivity index (χ3n) is 5.96. The summed E-state index contributed by atoms with van der Waals surface area (Å²) in [5.74, 6) is -0.913. The van der Waals surface area contributed by atoms with Crippen molar-refractivity contribution >= 4 is 46.3 Å². The molecule has 0 bridgehead atoms. The maximum Gasteiger partial charge on any atom is 0.261 e. The smallest absolute Gasteiger partial charge is 0.261 e. The zero-order valence-corrected chi connectivity index (χ0v) is 21.9. The second-order valence-electron chi connectivity index (χ2n) is 8.43. The predicted octanol–water partition coefficient (Wildman–Crippen LogP) is 4.21. The van der Waals surface area contributed by atoms with Crippen LogP contribution in [0.5, 0.6) is 5.75 Å². The average Bonchev–Trinajstić information content (AvgIpc) is 3.64. The molecule has 1 saturated heterocycles. The van der Waals surface area contributed by atoms with Crippen LogP contribution in [0, 0.1) is 0 Å². The van der Waals surface area contributed by atoms with Crippen molar-refractivity contribution in [3.63, 3.8) is 0 Å². The van der Waals surface area contributed by atoms with Crippen LogP contribution in [0.2, 0.25) is 5.02 Å². The number of hydrogen-bond donors (Lipinski definition) is 2. The lowest BCUT2D eigenvalue weighted by Gasteiger charge is -2.33. The van der Waals surface area contributed by atoms with Gasteiger partial charge in [-0.2, -0.15) is 0 Å². The Balaban J connectivity index is 1.70. The number of nitrogens with one attached hydrogen (secondary N) is 2. The molecule has 0 saturated carbocycles. The van der Waals surface area contributed by atoms with Gasteiger partial charge in [0.15, 0.2) is 0 Å². The fourth-order valence-corrected chi connectivity index (χ4v) is 4.98. The highest BCUT2D eigenvalue weighted by molar-refractivity contribution is 7.12. The minimum Gasteiger partial charge on any atom is -0.495 e. The van der Waals surface area contributed by atoms with Crippen LogP contribution in [-0.2, 0) is 14.3 Å². The van der Waals surface area contributed by atoms with Crippen molar-refractivity contribution in [3.8, 4) is 5.75 Å². The van der Waals surface area contributed by atoms with Crippen molar-refractivity contribution in [1.29, 1.82) is 0 Å². The lowest BCUT2D eigenvalue weighted by atomic mass is 10.0. The summed E-state index contributed by atoms with van der Waals surface area (Å²) in [6, 6.07) is 16.2. The van der Waals surface area contributed by atoms with E-state index in [0.717, 1.165) is 12.8 Å². The van der Waals surface area contributed by atoms with Crippen molar-refractivity contribution in [2.45, 2.75) is 25.0 Å². The van der Waals surface area contributed by atoms with Crippen LogP contribution in [0.15, 0.2) is 66.0 Å².